The SMILES string of the molecule is CC(C)(c1ccc(OCc2ccnc(NS(C)(=O)=O)n2)cc1)c1cc(Cl)c(N2CCC3(CC2)CC3)c(C#N)c1. The fourth-order valence-electron chi connectivity index (χ4n) is 5.23. The van der Waals surface area contributed by atoms with Crippen molar-refractivity contribution >= 4 is 33.3 Å². The molecule has 0 amide bonds. The van der Waals surface area contributed by atoms with E-state index in [1.165, 1.54) is 31.9 Å². The average molecular weight is 566 g/mol. The smallest absolute Gasteiger partial charge is 0.236 e. The number of rotatable bonds is 8. The van der Waals surface area contributed by atoms with Gasteiger partial charge >= 0.3 is 0 Å². The van der Waals surface area contributed by atoms with E-state index in [0.29, 0.717) is 27.4 Å². The zero-order chi connectivity index (χ0) is 27.8. The van der Waals surface area contributed by atoms with Crippen LogP contribution in [0.2, 0.25) is 5.02 Å². The maximum Gasteiger partial charge on any atom is 0.236 e. The van der Waals surface area contributed by atoms with Gasteiger partial charge in [-0.25, -0.2) is 18.4 Å². The highest BCUT2D eigenvalue weighted by Gasteiger charge is 2.44. The molecule has 1 N–H and O–H groups in total. The number of hydrogen-bond donors (Lipinski definition) is 1. The third kappa shape index (κ3) is 6.13. The second-order valence-electron chi connectivity index (χ2n) is 11.1. The fraction of sp³-hybridized carbons (Fsp3) is 0.414. The molecule has 204 valence electrons. The van der Waals surface area contributed by atoms with Gasteiger partial charge in [0.25, 0.3) is 0 Å². The number of piperidine rings is 1. The van der Waals surface area contributed by atoms with Crippen LogP contribution in [0.5, 0.6) is 5.75 Å². The second kappa shape index (κ2) is 10.3. The van der Waals surface area contributed by atoms with Gasteiger partial charge in [0.1, 0.15) is 18.4 Å². The van der Waals surface area contributed by atoms with Crippen LogP contribution >= 0.6 is 11.6 Å². The number of hydrogen-bond acceptors (Lipinski definition) is 7. The van der Waals surface area contributed by atoms with Crippen LogP contribution in [0.3, 0.4) is 0 Å². The Morgan fingerprint density at radius 1 is 1.10 bits per heavy atom. The summed E-state index contributed by atoms with van der Waals surface area (Å²) >= 11 is 6.84. The minimum Gasteiger partial charge on any atom is -0.487 e. The number of benzene rings is 2. The molecule has 5 rings (SSSR count). The lowest BCUT2D eigenvalue weighted by Gasteiger charge is -2.35. The van der Waals surface area contributed by atoms with E-state index in [1.807, 2.05) is 36.4 Å². The van der Waals surface area contributed by atoms with Crippen LogP contribution in [0.1, 0.15) is 61.9 Å². The molecule has 0 unspecified atom stereocenters. The van der Waals surface area contributed by atoms with Crippen LogP contribution in [0.15, 0.2) is 48.7 Å². The Morgan fingerprint density at radius 2 is 1.79 bits per heavy atom. The molecular formula is C29H32ClN5O3S. The molecule has 0 radical (unpaired) electrons. The summed E-state index contributed by atoms with van der Waals surface area (Å²) in [7, 11) is -3.46. The molecule has 2 heterocycles. The van der Waals surface area contributed by atoms with Gasteiger partial charge in [-0.2, -0.15) is 5.26 Å². The molecule has 1 spiro atoms. The van der Waals surface area contributed by atoms with Gasteiger partial charge in [-0.1, -0.05) is 37.6 Å². The monoisotopic (exact) mass is 565 g/mol. The molecule has 1 aromatic heterocycles. The highest BCUT2D eigenvalue weighted by atomic mass is 35.5. The largest absolute Gasteiger partial charge is 0.487 e. The lowest BCUT2D eigenvalue weighted by atomic mass is 9.77. The van der Waals surface area contributed by atoms with Crippen molar-refractivity contribution in [2.75, 3.05) is 29.0 Å². The van der Waals surface area contributed by atoms with Crippen molar-refractivity contribution in [1.29, 1.82) is 5.26 Å². The molecule has 2 aliphatic rings. The number of halogens is 1. The first-order valence-corrected chi connectivity index (χ1v) is 15.3. The topological polar surface area (TPSA) is 108 Å². The molecule has 10 heteroatoms. The number of nitrogens with one attached hydrogen (secondary N) is 1. The summed E-state index contributed by atoms with van der Waals surface area (Å²) < 4.78 is 31.0. The minimum absolute atomic E-state index is 0.00392. The number of sulfonamides is 1. The Hall–Kier alpha value is -3.35. The zero-order valence-corrected chi connectivity index (χ0v) is 23.9. The number of aromatic nitrogens is 2. The lowest BCUT2D eigenvalue weighted by molar-refractivity contribution is 0.301. The molecule has 1 aliphatic heterocycles. The Morgan fingerprint density at radius 3 is 2.41 bits per heavy atom. The highest BCUT2D eigenvalue weighted by molar-refractivity contribution is 7.91. The number of anilines is 2. The molecule has 8 nitrogen and oxygen atoms in total. The zero-order valence-electron chi connectivity index (χ0n) is 22.4. The average Bonchev–Trinajstić information content (AvgIpc) is 3.66. The van der Waals surface area contributed by atoms with E-state index in [2.05, 4.69) is 39.5 Å². The van der Waals surface area contributed by atoms with Gasteiger partial charge in [-0.3, -0.25) is 4.72 Å². The maximum atomic E-state index is 11.4. The number of ether oxygens (including phenoxy) is 1. The van der Waals surface area contributed by atoms with E-state index >= 15 is 0 Å². The summed E-state index contributed by atoms with van der Waals surface area (Å²) in [5.74, 6) is 0.652. The van der Waals surface area contributed by atoms with Gasteiger partial charge in [0.2, 0.25) is 16.0 Å². The van der Waals surface area contributed by atoms with Crippen LogP contribution < -0.4 is 14.4 Å². The number of nitriles is 1. The molecule has 2 fully saturated rings. The summed E-state index contributed by atoms with van der Waals surface area (Å²) in [6.45, 7) is 6.28. The van der Waals surface area contributed by atoms with E-state index in [-0.39, 0.29) is 12.6 Å². The van der Waals surface area contributed by atoms with Gasteiger partial charge < -0.3 is 9.64 Å². The first-order chi connectivity index (χ1) is 18.5. The predicted molar refractivity (Wildman–Crippen MR) is 153 cm³/mol. The molecule has 0 atom stereocenters. The first kappa shape index (κ1) is 27.2. The van der Waals surface area contributed by atoms with Crippen molar-refractivity contribution in [1.82, 2.24) is 9.97 Å². The molecule has 2 aromatic carbocycles. The quantitative estimate of drug-likeness (QED) is 0.375. The van der Waals surface area contributed by atoms with Crippen LogP contribution in [0.4, 0.5) is 11.6 Å². The molecule has 1 saturated heterocycles. The van der Waals surface area contributed by atoms with Gasteiger partial charge in [-0.15, -0.1) is 0 Å². The van der Waals surface area contributed by atoms with Crippen molar-refractivity contribution in [3.05, 3.63) is 76.1 Å². The van der Waals surface area contributed by atoms with Crippen molar-refractivity contribution in [2.45, 2.75) is 51.6 Å². The van der Waals surface area contributed by atoms with E-state index in [0.717, 1.165) is 36.2 Å². The molecule has 1 saturated carbocycles. The fourth-order valence-corrected chi connectivity index (χ4v) is 6.00. The van der Waals surface area contributed by atoms with E-state index in [1.54, 1.807) is 6.07 Å². The summed E-state index contributed by atoms with van der Waals surface area (Å²) in [5, 5.41) is 10.6. The molecule has 1 aliphatic carbocycles. The summed E-state index contributed by atoms with van der Waals surface area (Å²) in [6.07, 6.45) is 7.54. The summed E-state index contributed by atoms with van der Waals surface area (Å²) in [6, 6.07) is 15.8. The van der Waals surface area contributed by atoms with Gasteiger partial charge in [0.05, 0.1) is 28.2 Å². The van der Waals surface area contributed by atoms with Gasteiger partial charge in [0.15, 0.2) is 0 Å². The van der Waals surface area contributed by atoms with E-state index in [4.69, 9.17) is 16.3 Å². The highest BCUT2D eigenvalue weighted by Crippen LogP contribution is 2.54. The number of nitrogens with zero attached hydrogens (tertiary/aromatic N) is 4. The van der Waals surface area contributed by atoms with E-state index < -0.39 is 15.4 Å². The standard InChI is InChI=1S/C29H32ClN5O3S/c1-28(2,22-16-20(18-31)26(25(30)17-22)35-14-11-29(9-10-29)12-15-35)21-4-6-24(7-5-21)38-19-23-8-13-32-27(33-23)34-39(3,36)37/h4-8,13,16-17H,9-12,14-15,19H2,1-3H3,(H,32,33,34). The summed E-state index contributed by atoms with van der Waals surface area (Å²) in [5.41, 5.74) is 4.21. The van der Waals surface area contributed by atoms with Crippen LogP contribution in [0.25, 0.3) is 0 Å². The van der Waals surface area contributed by atoms with Crippen molar-refractivity contribution in [3.63, 3.8) is 0 Å². The second-order valence-corrected chi connectivity index (χ2v) is 13.3. The van der Waals surface area contributed by atoms with Gasteiger partial charge in [0, 0.05) is 24.7 Å². The Kier molecular flexibility index (Phi) is 7.21. The van der Waals surface area contributed by atoms with Crippen molar-refractivity contribution < 1.29 is 13.2 Å². The lowest BCUT2D eigenvalue weighted by Crippen LogP contribution is -2.35. The predicted octanol–water partition coefficient (Wildman–Crippen LogP) is 5.66. The van der Waals surface area contributed by atoms with E-state index in [9.17, 15) is 13.7 Å². The Bertz CT molecular complexity index is 1520. The summed E-state index contributed by atoms with van der Waals surface area (Å²) in [4.78, 5) is 10.4. The third-order valence-corrected chi connectivity index (χ3v) is 8.80. The Balaban J connectivity index is 1.29. The van der Waals surface area contributed by atoms with Crippen LogP contribution in [-0.4, -0.2) is 37.7 Å². The first-order valence-electron chi connectivity index (χ1n) is 13.0. The van der Waals surface area contributed by atoms with Crippen molar-refractivity contribution in [2.24, 2.45) is 5.41 Å². The molecular weight excluding hydrogens is 534 g/mol. The van der Waals surface area contributed by atoms with Crippen molar-refractivity contribution in [3.8, 4) is 11.8 Å². The normalized spacial score (nSPS) is 16.5. The molecule has 3 aromatic rings. The van der Waals surface area contributed by atoms with Gasteiger partial charge in [-0.05, 0) is 72.6 Å². The minimum atomic E-state index is -3.46. The maximum absolute atomic E-state index is 11.4. The third-order valence-electron chi connectivity index (χ3n) is 7.96. The molecule has 0 bridgehead atoms. The Labute approximate surface area is 235 Å². The van der Waals surface area contributed by atoms with Crippen LogP contribution in [-0.2, 0) is 22.0 Å². The van der Waals surface area contributed by atoms with Crippen LogP contribution in [0, 0.1) is 16.7 Å². The molecule has 39 heavy (non-hydrogen) atoms.